The zero-order valence-electron chi connectivity index (χ0n) is 25.8. The van der Waals surface area contributed by atoms with Gasteiger partial charge in [0.2, 0.25) is 11.8 Å². The van der Waals surface area contributed by atoms with E-state index in [0.717, 1.165) is 83.0 Å². The van der Waals surface area contributed by atoms with E-state index < -0.39 is 11.5 Å². The molecule has 2 aliphatic heterocycles. The van der Waals surface area contributed by atoms with Crippen molar-refractivity contribution < 1.29 is 19.1 Å². The molecule has 1 aromatic heterocycles. The predicted molar refractivity (Wildman–Crippen MR) is 169 cm³/mol. The smallest absolute Gasteiger partial charge is 0.263 e. The second-order valence-corrected chi connectivity index (χ2v) is 12.6. The summed E-state index contributed by atoms with van der Waals surface area (Å²) in [5.41, 5.74) is 0.412. The summed E-state index contributed by atoms with van der Waals surface area (Å²) in [6.07, 6.45) is 12.3. The van der Waals surface area contributed by atoms with Gasteiger partial charge in [-0.15, -0.1) is 0 Å². The molecule has 3 heterocycles. The van der Waals surface area contributed by atoms with Crippen molar-refractivity contribution in [3.8, 4) is 5.75 Å². The van der Waals surface area contributed by atoms with Gasteiger partial charge in [0.15, 0.2) is 0 Å². The molecule has 1 aliphatic carbocycles. The van der Waals surface area contributed by atoms with Crippen LogP contribution in [-0.4, -0.2) is 72.6 Å². The number of hydrogen-bond acceptors (Lipinski definition) is 6. The fourth-order valence-electron chi connectivity index (χ4n) is 6.87. The number of fused-ring (bicyclic) bond motifs is 1. The molecule has 10 nitrogen and oxygen atoms in total. The molecule has 1 saturated heterocycles. The number of pyridine rings is 1. The SMILES string of the molecule is O=C(Cn1cccc(C(=O)NCCN2CCC3(CCCCc4ccccc4OCCNC3=O)CC2)c1=O)NC1CCCCC1. The number of piperidine rings is 1. The number of carbonyl (C=O) groups is 3. The average molecular weight is 606 g/mol. The molecule has 0 bridgehead atoms. The summed E-state index contributed by atoms with van der Waals surface area (Å²) in [5.74, 6) is 0.393. The van der Waals surface area contributed by atoms with E-state index in [9.17, 15) is 19.2 Å². The van der Waals surface area contributed by atoms with Crippen LogP contribution in [0.3, 0.4) is 0 Å². The van der Waals surface area contributed by atoms with Gasteiger partial charge in [-0.25, -0.2) is 0 Å². The van der Waals surface area contributed by atoms with Crippen molar-refractivity contribution in [3.05, 3.63) is 64.1 Å². The first-order valence-corrected chi connectivity index (χ1v) is 16.4. The number of aromatic nitrogens is 1. The molecule has 0 unspecified atom stereocenters. The molecule has 1 aromatic carbocycles. The maximum Gasteiger partial charge on any atom is 0.263 e. The minimum atomic E-state index is -0.467. The summed E-state index contributed by atoms with van der Waals surface area (Å²) in [6, 6.07) is 11.5. The second kappa shape index (κ2) is 15.4. The lowest BCUT2D eigenvalue weighted by Gasteiger charge is -2.41. The molecule has 3 amide bonds. The first-order chi connectivity index (χ1) is 21.4. The maximum atomic E-state index is 13.3. The Kier molecular flexibility index (Phi) is 11.1. The van der Waals surface area contributed by atoms with Crippen LogP contribution in [0.4, 0.5) is 0 Å². The Morgan fingerprint density at radius 3 is 2.57 bits per heavy atom. The van der Waals surface area contributed by atoms with Crippen LogP contribution in [0.25, 0.3) is 0 Å². The molecule has 10 heteroatoms. The van der Waals surface area contributed by atoms with Crippen molar-refractivity contribution in [3.63, 3.8) is 0 Å². The lowest BCUT2D eigenvalue weighted by atomic mass is 9.73. The van der Waals surface area contributed by atoms with Gasteiger partial charge in [-0.3, -0.25) is 19.2 Å². The first kappa shape index (κ1) is 31.8. The third-order valence-corrected chi connectivity index (χ3v) is 9.53. The third-order valence-electron chi connectivity index (χ3n) is 9.53. The van der Waals surface area contributed by atoms with Gasteiger partial charge in [0.25, 0.3) is 11.5 Å². The quantitative estimate of drug-likeness (QED) is 0.446. The Morgan fingerprint density at radius 2 is 1.75 bits per heavy atom. The summed E-state index contributed by atoms with van der Waals surface area (Å²) in [5, 5.41) is 9.03. The van der Waals surface area contributed by atoms with Gasteiger partial charge >= 0.3 is 0 Å². The monoisotopic (exact) mass is 605 g/mol. The number of para-hydroxylation sites is 1. The summed E-state index contributed by atoms with van der Waals surface area (Å²) in [4.78, 5) is 54.0. The number of amides is 3. The highest BCUT2D eigenvalue weighted by atomic mass is 16.5. The van der Waals surface area contributed by atoms with E-state index in [2.05, 4.69) is 26.9 Å². The van der Waals surface area contributed by atoms with Crippen molar-refractivity contribution in [2.45, 2.75) is 83.2 Å². The predicted octanol–water partition coefficient (Wildman–Crippen LogP) is 3.03. The number of rotatable bonds is 7. The highest BCUT2D eigenvalue weighted by molar-refractivity contribution is 5.93. The minimum absolute atomic E-state index is 0.0343. The molecule has 3 aliphatic rings. The zero-order valence-corrected chi connectivity index (χ0v) is 25.8. The van der Waals surface area contributed by atoms with Gasteiger partial charge in [-0.1, -0.05) is 43.9 Å². The number of hydrogen-bond donors (Lipinski definition) is 3. The zero-order chi connectivity index (χ0) is 30.8. The Bertz CT molecular complexity index is 1340. The summed E-state index contributed by atoms with van der Waals surface area (Å²) in [6.45, 7) is 3.42. The number of benzene rings is 1. The number of ether oxygens (including phenoxy) is 1. The lowest BCUT2D eigenvalue weighted by molar-refractivity contribution is -0.134. The highest BCUT2D eigenvalue weighted by Gasteiger charge is 2.40. The molecule has 44 heavy (non-hydrogen) atoms. The van der Waals surface area contributed by atoms with Crippen LogP contribution in [0.2, 0.25) is 0 Å². The standard InChI is InChI=1S/C34H47N5O5/c40-30(37-27-11-2-1-3-12-27)25-39-20-8-13-28(32(39)42)31(41)35-18-23-38-21-16-34(17-22-38)15-7-6-10-26-9-4-5-14-29(26)44-24-19-36-33(34)43/h4-5,8-9,13-14,20,27H,1-3,6-7,10-12,15-19,21-25H2,(H,35,41)(H,36,43)(H,37,40). The molecule has 2 aromatic rings. The lowest BCUT2D eigenvalue weighted by Crippen LogP contribution is -2.50. The largest absolute Gasteiger partial charge is 0.491 e. The Labute approximate surface area is 259 Å². The molecule has 238 valence electrons. The second-order valence-electron chi connectivity index (χ2n) is 12.6. The summed E-state index contributed by atoms with van der Waals surface area (Å²) < 4.78 is 7.26. The number of nitrogens with one attached hydrogen (secondary N) is 3. The molecule has 1 saturated carbocycles. The highest BCUT2D eigenvalue weighted by Crippen LogP contribution is 2.37. The van der Waals surface area contributed by atoms with Crippen molar-refractivity contribution in [1.29, 1.82) is 0 Å². The molecule has 0 radical (unpaired) electrons. The molecule has 5 rings (SSSR count). The Morgan fingerprint density at radius 1 is 0.955 bits per heavy atom. The Hall–Kier alpha value is -3.66. The van der Waals surface area contributed by atoms with Gasteiger partial charge in [-0.2, -0.15) is 0 Å². The topological polar surface area (TPSA) is 122 Å². The van der Waals surface area contributed by atoms with E-state index in [4.69, 9.17) is 4.74 Å². The minimum Gasteiger partial charge on any atom is -0.491 e. The number of aryl methyl sites for hydroxylation is 1. The van der Waals surface area contributed by atoms with E-state index >= 15 is 0 Å². The van der Waals surface area contributed by atoms with Gasteiger partial charge in [0.1, 0.15) is 24.5 Å². The van der Waals surface area contributed by atoms with Crippen LogP contribution >= 0.6 is 0 Å². The van der Waals surface area contributed by atoms with Gasteiger partial charge < -0.3 is 30.2 Å². The number of likely N-dealkylation sites (tertiary alicyclic amines) is 1. The van der Waals surface area contributed by atoms with Crippen LogP contribution in [0.5, 0.6) is 5.75 Å². The fourth-order valence-corrected chi connectivity index (χ4v) is 6.87. The molecule has 2 fully saturated rings. The van der Waals surface area contributed by atoms with Crippen LogP contribution in [0, 0.1) is 5.41 Å². The van der Waals surface area contributed by atoms with E-state index in [-0.39, 0.29) is 35.4 Å². The van der Waals surface area contributed by atoms with Crippen LogP contribution in [0.15, 0.2) is 47.4 Å². The average Bonchev–Trinajstić information content (AvgIpc) is 3.03. The molecule has 0 atom stereocenters. The third kappa shape index (κ3) is 8.28. The summed E-state index contributed by atoms with van der Waals surface area (Å²) >= 11 is 0. The van der Waals surface area contributed by atoms with Gasteiger partial charge in [0.05, 0.1) is 12.0 Å². The van der Waals surface area contributed by atoms with Crippen molar-refractivity contribution >= 4 is 17.7 Å². The fraction of sp³-hybridized carbons (Fsp3) is 0.588. The first-order valence-electron chi connectivity index (χ1n) is 16.4. The van der Waals surface area contributed by atoms with E-state index in [1.54, 1.807) is 12.3 Å². The van der Waals surface area contributed by atoms with Gasteiger partial charge in [-0.05, 0) is 81.8 Å². The van der Waals surface area contributed by atoms with Crippen LogP contribution in [-0.2, 0) is 22.6 Å². The molecular formula is C34H47N5O5. The Balaban J connectivity index is 1.08. The normalized spacial score (nSPS) is 19.9. The number of carbonyl (C=O) groups excluding carboxylic acids is 3. The van der Waals surface area contributed by atoms with Gasteiger partial charge in [0, 0.05) is 25.3 Å². The van der Waals surface area contributed by atoms with Crippen LogP contribution < -0.4 is 26.2 Å². The summed E-state index contributed by atoms with van der Waals surface area (Å²) in [7, 11) is 0. The van der Waals surface area contributed by atoms with Crippen molar-refractivity contribution in [1.82, 2.24) is 25.4 Å². The van der Waals surface area contributed by atoms with Crippen molar-refractivity contribution in [2.75, 3.05) is 39.3 Å². The number of nitrogens with zero attached hydrogens (tertiary/aromatic N) is 2. The maximum absolute atomic E-state index is 13.3. The van der Waals surface area contributed by atoms with E-state index in [0.29, 0.717) is 26.2 Å². The molecular weight excluding hydrogens is 558 g/mol. The molecule has 1 spiro atoms. The van der Waals surface area contributed by atoms with Crippen molar-refractivity contribution in [2.24, 2.45) is 5.41 Å². The van der Waals surface area contributed by atoms with E-state index in [1.165, 1.54) is 22.6 Å². The molecule has 3 N–H and O–H groups in total. The van der Waals surface area contributed by atoms with E-state index in [1.807, 2.05) is 18.2 Å². The van der Waals surface area contributed by atoms with Crippen LogP contribution in [0.1, 0.15) is 80.1 Å².